The Morgan fingerprint density at radius 1 is 1.60 bits per heavy atom. The number of carbonyl (C=O) groups excluding carboxylic acids is 1. The Morgan fingerprint density at radius 3 is 3.00 bits per heavy atom. The molecule has 0 saturated carbocycles. The fourth-order valence-electron chi connectivity index (χ4n) is 1.32. The van der Waals surface area contributed by atoms with Gasteiger partial charge in [-0.1, -0.05) is 0 Å². The quantitative estimate of drug-likeness (QED) is 0.738. The lowest BCUT2D eigenvalue weighted by atomic mass is 10.4. The van der Waals surface area contributed by atoms with Crippen molar-refractivity contribution in [3.63, 3.8) is 0 Å². The molecule has 2 rings (SSSR count). The molecule has 0 aliphatic carbocycles. The highest BCUT2D eigenvalue weighted by Crippen LogP contribution is 2.15. The molecule has 2 heterocycles. The van der Waals surface area contributed by atoms with Crippen molar-refractivity contribution >= 4 is 27.5 Å². The lowest BCUT2D eigenvalue weighted by Crippen LogP contribution is -2.07. The first kappa shape index (κ1) is 10.1. The van der Waals surface area contributed by atoms with Gasteiger partial charge in [-0.05, 0) is 22.9 Å². The third-order valence-electron chi connectivity index (χ3n) is 2.01. The number of fused-ring (bicyclic) bond motifs is 1. The maximum Gasteiger partial charge on any atom is 0.358 e. The lowest BCUT2D eigenvalue weighted by Gasteiger charge is -2.02. The highest BCUT2D eigenvalue weighted by Gasteiger charge is 2.12. The van der Waals surface area contributed by atoms with Crippen LogP contribution in [0.2, 0.25) is 0 Å². The number of carbonyl (C=O) groups is 1. The molecule has 0 spiro atoms. The standard InChI is InChI=1S/C9H8BrN3O2/c1-5-8-11-3-7(10)13(8)4-6(12-5)9(14)15-2/h3-4H,1-2H3. The molecule has 78 valence electrons. The predicted octanol–water partition coefficient (Wildman–Crippen LogP) is 1.59. The van der Waals surface area contributed by atoms with Crippen molar-refractivity contribution in [2.24, 2.45) is 0 Å². The minimum absolute atomic E-state index is 0.265. The molecule has 0 aliphatic heterocycles. The number of hydrogen-bond acceptors (Lipinski definition) is 4. The van der Waals surface area contributed by atoms with Crippen molar-refractivity contribution in [3.8, 4) is 0 Å². The second-order valence-electron chi connectivity index (χ2n) is 2.98. The van der Waals surface area contributed by atoms with Crippen LogP contribution in [-0.4, -0.2) is 27.4 Å². The molecular weight excluding hydrogens is 262 g/mol. The summed E-state index contributed by atoms with van der Waals surface area (Å²) in [5, 5.41) is 0. The van der Waals surface area contributed by atoms with Crippen LogP contribution in [-0.2, 0) is 4.74 Å². The van der Waals surface area contributed by atoms with Gasteiger partial charge in [0.25, 0.3) is 0 Å². The first-order valence-corrected chi connectivity index (χ1v) is 5.01. The highest BCUT2D eigenvalue weighted by molar-refractivity contribution is 9.10. The molecule has 0 aromatic carbocycles. The van der Waals surface area contributed by atoms with Gasteiger partial charge in [0, 0.05) is 6.20 Å². The Balaban J connectivity index is 2.70. The molecule has 0 amide bonds. The van der Waals surface area contributed by atoms with Gasteiger partial charge < -0.3 is 4.74 Å². The summed E-state index contributed by atoms with van der Waals surface area (Å²) in [7, 11) is 1.33. The summed E-state index contributed by atoms with van der Waals surface area (Å²) in [6.07, 6.45) is 3.25. The van der Waals surface area contributed by atoms with Crippen molar-refractivity contribution in [2.45, 2.75) is 6.92 Å². The van der Waals surface area contributed by atoms with E-state index in [1.807, 2.05) is 0 Å². The Hall–Kier alpha value is -1.43. The van der Waals surface area contributed by atoms with Gasteiger partial charge in [0.15, 0.2) is 11.3 Å². The molecule has 0 unspecified atom stereocenters. The maximum atomic E-state index is 11.3. The van der Waals surface area contributed by atoms with E-state index in [1.54, 1.807) is 23.7 Å². The molecule has 0 N–H and O–H groups in total. The molecule has 15 heavy (non-hydrogen) atoms. The SMILES string of the molecule is COC(=O)c1cn2c(Br)cnc2c(C)n1. The van der Waals surface area contributed by atoms with Gasteiger partial charge in [0.05, 0.1) is 19.0 Å². The van der Waals surface area contributed by atoms with Crippen LogP contribution in [0.15, 0.2) is 17.0 Å². The van der Waals surface area contributed by atoms with Crippen molar-refractivity contribution in [1.82, 2.24) is 14.4 Å². The number of rotatable bonds is 1. The van der Waals surface area contributed by atoms with E-state index in [9.17, 15) is 4.79 Å². The molecule has 5 nitrogen and oxygen atoms in total. The summed E-state index contributed by atoms with van der Waals surface area (Å²) >= 11 is 3.33. The van der Waals surface area contributed by atoms with E-state index < -0.39 is 5.97 Å². The summed E-state index contributed by atoms with van der Waals surface area (Å²) < 4.78 is 7.12. The number of aromatic nitrogens is 3. The molecule has 0 atom stereocenters. The zero-order valence-electron chi connectivity index (χ0n) is 8.19. The number of halogens is 1. The normalized spacial score (nSPS) is 10.6. The van der Waals surface area contributed by atoms with Gasteiger partial charge in [-0.25, -0.2) is 14.8 Å². The summed E-state index contributed by atoms with van der Waals surface area (Å²) in [6, 6.07) is 0. The van der Waals surface area contributed by atoms with E-state index >= 15 is 0 Å². The number of aryl methyl sites for hydroxylation is 1. The third-order valence-corrected chi connectivity index (χ3v) is 2.60. The summed E-state index contributed by atoms with van der Waals surface area (Å²) in [5.74, 6) is -0.458. The van der Waals surface area contributed by atoms with E-state index in [0.29, 0.717) is 5.69 Å². The topological polar surface area (TPSA) is 56.5 Å². The largest absolute Gasteiger partial charge is 0.464 e. The van der Waals surface area contributed by atoms with E-state index in [1.165, 1.54) is 7.11 Å². The molecule has 0 aliphatic rings. The smallest absolute Gasteiger partial charge is 0.358 e. The van der Waals surface area contributed by atoms with Crippen LogP contribution in [0.5, 0.6) is 0 Å². The second kappa shape index (κ2) is 3.62. The zero-order chi connectivity index (χ0) is 11.0. The summed E-state index contributed by atoms with van der Waals surface area (Å²) in [6.45, 7) is 1.79. The predicted molar refractivity (Wildman–Crippen MR) is 56.8 cm³/mol. The number of hydrogen-bond donors (Lipinski definition) is 0. The van der Waals surface area contributed by atoms with Crippen LogP contribution in [0, 0.1) is 6.92 Å². The molecular formula is C9H8BrN3O2. The number of ether oxygens (including phenoxy) is 1. The average molecular weight is 270 g/mol. The van der Waals surface area contributed by atoms with Crippen molar-refractivity contribution in [3.05, 3.63) is 28.4 Å². The molecule has 6 heteroatoms. The third kappa shape index (κ3) is 1.61. The molecule has 0 fully saturated rings. The number of methoxy groups -OCH3 is 1. The average Bonchev–Trinajstić information content (AvgIpc) is 2.60. The van der Waals surface area contributed by atoms with Crippen LogP contribution in [0.25, 0.3) is 5.65 Å². The Bertz CT molecular complexity index is 535. The van der Waals surface area contributed by atoms with E-state index in [-0.39, 0.29) is 5.69 Å². The van der Waals surface area contributed by atoms with Gasteiger partial charge in [-0.2, -0.15) is 0 Å². The second-order valence-corrected chi connectivity index (χ2v) is 3.79. The first-order valence-electron chi connectivity index (χ1n) is 4.22. The van der Waals surface area contributed by atoms with Crippen LogP contribution < -0.4 is 0 Å². The fraction of sp³-hybridized carbons (Fsp3) is 0.222. The van der Waals surface area contributed by atoms with Crippen molar-refractivity contribution in [2.75, 3.05) is 7.11 Å². The zero-order valence-corrected chi connectivity index (χ0v) is 9.78. The number of nitrogens with zero attached hydrogens (tertiary/aromatic N) is 3. The van der Waals surface area contributed by atoms with Crippen molar-refractivity contribution in [1.29, 1.82) is 0 Å². The van der Waals surface area contributed by atoms with E-state index in [4.69, 9.17) is 0 Å². The number of esters is 1. The molecule has 0 radical (unpaired) electrons. The van der Waals surface area contributed by atoms with Gasteiger partial charge in [-0.15, -0.1) is 0 Å². The van der Waals surface area contributed by atoms with E-state index in [0.717, 1.165) is 10.3 Å². The van der Waals surface area contributed by atoms with Gasteiger partial charge >= 0.3 is 5.97 Å². The lowest BCUT2D eigenvalue weighted by molar-refractivity contribution is 0.0593. The van der Waals surface area contributed by atoms with Crippen LogP contribution in [0.4, 0.5) is 0 Å². The van der Waals surface area contributed by atoms with Crippen LogP contribution in [0.3, 0.4) is 0 Å². The summed E-state index contributed by atoms with van der Waals surface area (Å²) in [5.41, 5.74) is 1.67. The Kier molecular flexibility index (Phi) is 2.44. The number of imidazole rings is 1. The molecule has 2 aromatic heterocycles. The fourth-order valence-corrected chi connectivity index (χ4v) is 1.69. The van der Waals surface area contributed by atoms with Crippen LogP contribution in [0.1, 0.15) is 16.2 Å². The monoisotopic (exact) mass is 269 g/mol. The summed E-state index contributed by atoms with van der Waals surface area (Å²) in [4.78, 5) is 19.6. The highest BCUT2D eigenvalue weighted by atomic mass is 79.9. The Morgan fingerprint density at radius 2 is 2.33 bits per heavy atom. The first-order chi connectivity index (χ1) is 7.13. The molecule has 2 aromatic rings. The molecule has 0 saturated heterocycles. The molecule has 0 bridgehead atoms. The maximum absolute atomic E-state index is 11.3. The van der Waals surface area contributed by atoms with Gasteiger partial charge in [0.1, 0.15) is 4.60 Å². The minimum atomic E-state index is -0.458. The Labute approximate surface area is 94.2 Å². The van der Waals surface area contributed by atoms with Gasteiger partial charge in [-0.3, -0.25) is 4.40 Å². The minimum Gasteiger partial charge on any atom is -0.464 e. The van der Waals surface area contributed by atoms with E-state index in [2.05, 4.69) is 30.6 Å². The van der Waals surface area contributed by atoms with Crippen LogP contribution >= 0.6 is 15.9 Å². The van der Waals surface area contributed by atoms with Gasteiger partial charge in [0.2, 0.25) is 0 Å². The van der Waals surface area contributed by atoms with Crippen molar-refractivity contribution < 1.29 is 9.53 Å².